The van der Waals surface area contributed by atoms with Gasteiger partial charge in [-0.05, 0) is 11.8 Å². The fourth-order valence-electron chi connectivity index (χ4n) is 2.37. The van der Waals surface area contributed by atoms with E-state index in [-0.39, 0.29) is 18.0 Å². The Balaban J connectivity index is 2.69. The zero-order valence-electron chi connectivity index (χ0n) is 11.0. The summed E-state index contributed by atoms with van der Waals surface area (Å²) in [6.07, 6.45) is -4.11. The maximum Gasteiger partial charge on any atom is 0.401 e. The van der Waals surface area contributed by atoms with Crippen molar-refractivity contribution < 1.29 is 13.2 Å². The Hall–Kier alpha value is -0.290. The van der Waals surface area contributed by atoms with Gasteiger partial charge in [0.15, 0.2) is 0 Å². The molecular weight excluding hydrogens is 229 g/mol. The normalized spacial score (nSPS) is 28.1. The van der Waals surface area contributed by atoms with Crippen molar-refractivity contribution in [3.8, 4) is 0 Å². The molecule has 1 N–H and O–H groups in total. The van der Waals surface area contributed by atoms with Crippen LogP contribution in [0.2, 0.25) is 0 Å². The molecule has 2 nitrogen and oxygen atoms in total. The molecule has 2 atom stereocenters. The van der Waals surface area contributed by atoms with Crippen molar-refractivity contribution >= 4 is 0 Å². The lowest BCUT2D eigenvalue weighted by molar-refractivity contribution is -0.156. The summed E-state index contributed by atoms with van der Waals surface area (Å²) >= 11 is 0. The molecule has 0 amide bonds. The smallest absolute Gasteiger partial charge is 0.311 e. The zero-order valence-corrected chi connectivity index (χ0v) is 11.0. The van der Waals surface area contributed by atoms with E-state index in [0.717, 1.165) is 0 Å². The summed E-state index contributed by atoms with van der Waals surface area (Å²) in [5.41, 5.74) is 0. The highest BCUT2D eigenvalue weighted by Gasteiger charge is 2.38. The number of alkyl halides is 3. The molecule has 1 heterocycles. The molecule has 17 heavy (non-hydrogen) atoms. The van der Waals surface area contributed by atoms with Gasteiger partial charge in [-0.25, -0.2) is 0 Å². The van der Waals surface area contributed by atoms with E-state index >= 15 is 0 Å². The van der Waals surface area contributed by atoms with Crippen LogP contribution in [0.15, 0.2) is 0 Å². The first-order chi connectivity index (χ1) is 7.70. The first kappa shape index (κ1) is 14.8. The van der Waals surface area contributed by atoms with Crippen LogP contribution in [0, 0.1) is 11.8 Å². The molecule has 102 valence electrons. The minimum absolute atomic E-state index is 0.0216. The molecule has 1 aliphatic heterocycles. The number of halogens is 3. The van der Waals surface area contributed by atoms with Gasteiger partial charge in [-0.15, -0.1) is 0 Å². The Kier molecular flexibility index (Phi) is 4.84. The molecule has 0 aromatic rings. The van der Waals surface area contributed by atoms with Crippen LogP contribution in [-0.2, 0) is 0 Å². The average Bonchev–Trinajstić information content (AvgIpc) is 2.14. The molecule has 2 unspecified atom stereocenters. The molecule has 1 rings (SSSR count). The Morgan fingerprint density at radius 2 is 1.76 bits per heavy atom. The summed E-state index contributed by atoms with van der Waals surface area (Å²) in [4.78, 5) is 1.59. The van der Waals surface area contributed by atoms with Crippen molar-refractivity contribution in [1.29, 1.82) is 0 Å². The largest absolute Gasteiger partial charge is 0.401 e. The lowest BCUT2D eigenvalue weighted by Gasteiger charge is -2.43. The van der Waals surface area contributed by atoms with Crippen molar-refractivity contribution in [1.82, 2.24) is 10.2 Å². The average molecular weight is 252 g/mol. The van der Waals surface area contributed by atoms with Gasteiger partial charge in [0.05, 0.1) is 6.54 Å². The zero-order chi connectivity index (χ0) is 13.2. The maximum atomic E-state index is 12.5. The molecule has 1 aliphatic rings. The van der Waals surface area contributed by atoms with E-state index in [1.54, 1.807) is 4.90 Å². The molecule has 0 aromatic heterocycles. The number of piperazine rings is 1. The highest BCUT2D eigenvalue weighted by molar-refractivity contribution is 4.89. The summed E-state index contributed by atoms with van der Waals surface area (Å²) in [6, 6.07) is 0.138. The molecule has 0 radical (unpaired) electrons. The van der Waals surface area contributed by atoms with E-state index in [0.29, 0.717) is 19.0 Å². The van der Waals surface area contributed by atoms with E-state index in [1.807, 2.05) is 27.7 Å². The third kappa shape index (κ3) is 4.47. The second kappa shape index (κ2) is 5.57. The lowest BCUT2D eigenvalue weighted by Crippen LogP contribution is -2.61. The van der Waals surface area contributed by atoms with Crippen LogP contribution >= 0.6 is 0 Å². The second-order valence-corrected chi connectivity index (χ2v) is 5.61. The Morgan fingerprint density at radius 1 is 1.18 bits per heavy atom. The van der Waals surface area contributed by atoms with E-state index < -0.39 is 12.7 Å². The van der Waals surface area contributed by atoms with Crippen molar-refractivity contribution in [3.63, 3.8) is 0 Å². The second-order valence-electron chi connectivity index (χ2n) is 5.61. The highest BCUT2D eigenvalue weighted by Crippen LogP contribution is 2.24. The van der Waals surface area contributed by atoms with Crippen molar-refractivity contribution in [2.45, 2.75) is 46.0 Å². The van der Waals surface area contributed by atoms with Crippen LogP contribution in [0.5, 0.6) is 0 Å². The molecule has 0 bridgehead atoms. The van der Waals surface area contributed by atoms with Crippen LogP contribution in [-0.4, -0.2) is 42.8 Å². The van der Waals surface area contributed by atoms with Crippen LogP contribution in [0.4, 0.5) is 13.2 Å². The van der Waals surface area contributed by atoms with Crippen LogP contribution in [0.3, 0.4) is 0 Å². The molecule has 5 heteroatoms. The molecular formula is C12H23F3N2. The molecule has 0 saturated carbocycles. The van der Waals surface area contributed by atoms with Crippen molar-refractivity contribution in [2.75, 3.05) is 19.6 Å². The van der Waals surface area contributed by atoms with Crippen molar-refractivity contribution in [2.24, 2.45) is 11.8 Å². The fourth-order valence-corrected chi connectivity index (χ4v) is 2.37. The molecule has 0 aliphatic carbocycles. The van der Waals surface area contributed by atoms with Gasteiger partial charge < -0.3 is 5.32 Å². The lowest BCUT2D eigenvalue weighted by atomic mass is 9.94. The monoisotopic (exact) mass is 252 g/mol. The predicted molar refractivity (Wildman–Crippen MR) is 62.9 cm³/mol. The van der Waals surface area contributed by atoms with Gasteiger partial charge in [0.2, 0.25) is 0 Å². The quantitative estimate of drug-likeness (QED) is 0.830. The Morgan fingerprint density at radius 3 is 2.18 bits per heavy atom. The molecule has 0 aromatic carbocycles. The summed E-state index contributed by atoms with van der Waals surface area (Å²) < 4.78 is 37.6. The third-order valence-electron chi connectivity index (χ3n) is 3.45. The van der Waals surface area contributed by atoms with E-state index in [1.165, 1.54) is 0 Å². The fraction of sp³-hybridized carbons (Fsp3) is 1.00. The van der Waals surface area contributed by atoms with Gasteiger partial charge in [0, 0.05) is 25.2 Å². The van der Waals surface area contributed by atoms with Gasteiger partial charge in [-0.1, -0.05) is 27.7 Å². The first-order valence-corrected chi connectivity index (χ1v) is 6.25. The van der Waals surface area contributed by atoms with E-state index in [4.69, 9.17) is 0 Å². The molecule has 0 spiro atoms. The Labute approximate surface area is 102 Å². The van der Waals surface area contributed by atoms with Gasteiger partial charge in [0.25, 0.3) is 0 Å². The predicted octanol–water partition coefficient (Wildman–Crippen LogP) is 2.50. The first-order valence-electron chi connectivity index (χ1n) is 6.25. The summed E-state index contributed by atoms with van der Waals surface area (Å²) in [5.74, 6) is 0.594. The van der Waals surface area contributed by atoms with E-state index in [2.05, 4.69) is 5.32 Å². The maximum absolute atomic E-state index is 12.5. The van der Waals surface area contributed by atoms with Crippen molar-refractivity contribution in [3.05, 3.63) is 0 Å². The van der Waals surface area contributed by atoms with E-state index in [9.17, 15) is 13.2 Å². The minimum Gasteiger partial charge on any atom is -0.311 e. The van der Waals surface area contributed by atoms with Gasteiger partial charge >= 0.3 is 6.18 Å². The summed E-state index contributed by atoms with van der Waals surface area (Å²) in [5, 5.41) is 3.36. The van der Waals surface area contributed by atoms with Gasteiger partial charge in [0.1, 0.15) is 0 Å². The topological polar surface area (TPSA) is 15.3 Å². The SMILES string of the molecule is CC(C)C1CN(CC(F)(F)F)C(C(C)C)CN1. The summed E-state index contributed by atoms with van der Waals surface area (Å²) in [7, 11) is 0. The Bertz CT molecular complexity index is 238. The van der Waals surface area contributed by atoms with Crippen LogP contribution in [0.25, 0.3) is 0 Å². The molecule has 1 saturated heterocycles. The number of nitrogens with one attached hydrogen (secondary N) is 1. The standard InChI is InChI=1S/C12H23F3N2/c1-8(2)10-6-17(7-12(13,14)15)11(5-16-10)9(3)4/h8-11,16H,5-7H2,1-4H3. The van der Waals surface area contributed by atoms with Gasteiger partial charge in [-0.3, -0.25) is 4.90 Å². The summed E-state index contributed by atoms with van der Waals surface area (Å²) in [6.45, 7) is 8.38. The number of rotatable bonds is 3. The minimum atomic E-state index is -4.11. The number of hydrogen-bond acceptors (Lipinski definition) is 2. The molecule has 1 fully saturated rings. The van der Waals surface area contributed by atoms with Crippen LogP contribution in [0.1, 0.15) is 27.7 Å². The third-order valence-corrected chi connectivity index (χ3v) is 3.45. The van der Waals surface area contributed by atoms with Crippen LogP contribution < -0.4 is 5.32 Å². The number of hydrogen-bond donors (Lipinski definition) is 1. The highest BCUT2D eigenvalue weighted by atomic mass is 19.4. The van der Waals surface area contributed by atoms with Gasteiger partial charge in [-0.2, -0.15) is 13.2 Å². The number of nitrogens with zero attached hydrogens (tertiary/aromatic N) is 1.